The Bertz CT molecular complexity index is 1120. The van der Waals surface area contributed by atoms with Crippen molar-refractivity contribution < 1.29 is 15.0 Å². The number of aromatic carboxylic acids is 1. The zero-order chi connectivity index (χ0) is 19.3. The number of nitrogens with zero attached hydrogens (tertiary/aromatic N) is 1. The van der Waals surface area contributed by atoms with Gasteiger partial charge in [0.25, 0.3) is 5.56 Å². The Balaban J connectivity index is 1.96. The molecule has 1 aliphatic carbocycles. The number of H-pyrrole nitrogens is 2. The molecule has 0 spiro atoms. The number of aryl methyl sites for hydroxylation is 1. The molecule has 4 rings (SSSR count). The monoisotopic (exact) mass is 367 g/mol. The minimum atomic E-state index is -1.42. The molecule has 0 radical (unpaired) electrons. The van der Waals surface area contributed by atoms with Gasteiger partial charge in [-0.2, -0.15) is 0 Å². The number of nitrogens with one attached hydrogen (secondary N) is 2. The maximum Gasteiger partial charge on any atom is 0.345 e. The number of fused-ring (bicyclic) bond motifs is 4. The van der Waals surface area contributed by atoms with Crippen LogP contribution < -0.4 is 5.56 Å². The fourth-order valence-electron chi connectivity index (χ4n) is 3.94. The second kappa shape index (κ2) is 6.28. The van der Waals surface area contributed by atoms with Gasteiger partial charge in [-0.3, -0.25) is 4.79 Å². The predicted octanol–water partition coefficient (Wildman–Crippen LogP) is 2.48. The van der Waals surface area contributed by atoms with Crippen molar-refractivity contribution in [2.75, 3.05) is 14.1 Å². The van der Waals surface area contributed by atoms with E-state index in [1.165, 1.54) is 5.56 Å². The van der Waals surface area contributed by atoms with E-state index in [1.807, 2.05) is 26.4 Å². The number of benzene rings is 1. The van der Waals surface area contributed by atoms with Gasteiger partial charge in [-0.05, 0) is 56.6 Å². The van der Waals surface area contributed by atoms with Crippen molar-refractivity contribution in [3.8, 4) is 17.0 Å². The zero-order valence-corrected chi connectivity index (χ0v) is 15.2. The number of carbonyl (C=O) groups is 1. The van der Waals surface area contributed by atoms with E-state index in [9.17, 15) is 19.8 Å². The summed E-state index contributed by atoms with van der Waals surface area (Å²) in [5.74, 6) is -1.84. The van der Waals surface area contributed by atoms with E-state index in [1.54, 1.807) is 0 Å². The molecular weight excluding hydrogens is 346 g/mol. The predicted molar refractivity (Wildman–Crippen MR) is 102 cm³/mol. The molecule has 1 aliphatic rings. The molecule has 7 nitrogen and oxygen atoms in total. The van der Waals surface area contributed by atoms with Crippen LogP contribution in [0.5, 0.6) is 5.75 Å². The number of hydrogen-bond donors (Lipinski definition) is 4. The van der Waals surface area contributed by atoms with Gasteiger partial charge in [0.1, 0.15) is 5.75 Å². The number of hydrogen-bond acceptors (Lipinski definition) is 4. The lowest BCUT2D eigenvalue weighted by Gasteiger charge is -2.13. The summed E-state index contributed by atoms with van der Waals surface area (Å²) in [4.78, 5) is 31.7. The number of aromatic hydroxyl groups is 1. The number of carboxylic acids is 1. The van der Waals surface area contributed by atoms with Gasteiger partial charge in [0, 0.05) is 34.8 Å². The largest absolute Gasteiger partial charge is 0.506 e. The summed E-state index contributed by atoms with van der Waals surface area (Å²) >= 11 is 0. The Morgan fingerprint density at radius 3 is 2.74 bits per heavy atom. The topological polar surface area (TPSA) is 109 Å². The molecule has 140 valence electrons. The fraction of sp³-hybridized carbons (Fsp3) is 0.300. The molecule has 0 atom stereocenters. The van der Waals surface area contributed by atoms with Crippen molar-refractivity contribution in [1.82, 2.24) is 14.9 Å². The Labute approximate surface area is 155 Å². The van der Waals surface area contributed by atoms with Gasteiger partial charge in [0.2, 0.25) is 0 Å². The van der Waals surface area contributed by atoms with E-state index in [4.69, 9.17) is 0 Å². The number of pyridine rings is 1. The van der Waals surface area contributed by atoms with Gasteiger partial charge in [0.05, 0.1) is 5.69 Å². The van der Waals surface area contributed by atoms with Crippen molar-refractivity contribution in [3.05, 3.63) is 50.9 Å². The van der Waals surface area contributed by atoms with E-state index >= 15 is 0 Å². The van der Waals surface area contributed by atoms with Crippen LogP contribution in [-0.2, 0) is 19.4 Å². The van der Waals surface area contributed by atoms with Crippen molar-refractivity contribution in [2.24, 2.45) is 0 Å². The summed E-state index contributed by atoms with van der Waals surface area (Å²) in [6, 6.07) is 4.11. The van der Waals surface area contributed by atoms with E-state index in [0.29, 0.717) is 17.7 Å². The number of aromatic amines is 2. The Morgan fingerprint density at radius 1 is 1.26 bits per heavy atom. The van der Waals surface area contributed by atoms with E-state index < -0.39 is 22.8 Å². The molecule has 27 heavy (non-hydrogen) atoms. The minimum absolute atomic E-state index is 0.422. The lowest BCUT2D eigenvalue weighted by Crippen LogP contribution is -2.20. The molecule has 4 N–H and O–H groups in total. The van der Waals surface area contributed by atoms with E-state index in [-0.39, 0.29) is 0 Å². The first-order valence-corrected chi connectivity index (χ1v) is 8.86. The molecule has 0 aliphatic heterocycles. The van der Waals surface area contributed by atoms with E-state index in [0.717, 1.165) is 41.4 Å². The summed E-state index contributed by atoms with van der Waals surface area (Å²) in [7, 11) is 4.04. The first-order chi connectivity index (χ1) is 12.9. The number of rotatable bonds is 3. The highest BCUT2D eigenvalue weighted by Crippen LogP contribution is 2.38. The first kappa shape index (κ1) is 17.4. The lowest BCUT2D eigenvalue weighted by atomic mass is 9.97. The average molecular weight is 367 g/mol. The highest BCUT2D eigenvalue weighted by Gasteiger charge is 2.26. The van der Waals surface area contributed by atoms with E-state index in [2.05, 4.69) is 20.9 Å². The molecular formula is C20H21N3O4. The summed E-state index contributed by atoms with van der Waals surface area (Å²) in [6.07, 6.45) is 4.04. The highest BCUT2D eigenvalue weighted by atomic mass is 16.4. The Hall–Kier alpha value is -3.06. The van der Waals surface area contributed by atoms with Crippen LogP contribution in [0.15, 0.2) is 23.1 Å². The van der Waals surface area contributed by atoms with Crippen LogP contribution >= 0.6 is 0 Å². The molecule has 0 unspecified atom stereocenters. The average Bonchev–Trinajstić information content (AvgIpc) is 2.87. The van der Waals surface area contributed by atoms with Crippen molar-refractivity contribution >= 4 is 16.9 Å². The third kappa shape index (κ3) is 2.80. The van der Waals surface area contributed by atoms with Gasteiger partial charge in [-0.15, -0.1) is 0 Å². The zero-order valence-electron chi connectivity index (χ0n) is 15.2. The maximum absolute atomic E-state index is 12.3. The summed E-state index contributed by atoms with van der Waals surface area (Å²) < 4.78 is 0. The molecule has 0 amide bonds. The standard InChI is InChI=1S/C20H21N3O4/c1-23(2)9-11-8-21-15-7-14-10(6-13(11)15)4-3-5-12-17(14)22-19(25)16(18(12)24)20(26)27/h6-8,21H,3-5,9H2,1-2H3,(H,26,27)(H2,22,24,25). The summed E-state index contributed by atoms with van der Waals surface area (Å²) in [5.41, 5.74) is 3.68. The highest BCUT2D eigenvalue weighted by molar-refractivity contribution is 5.93. The van der Waals surface area contributed by atoms with Crippen LogP contribution in [0.1, 0.15) is 33.5 Å². The van der Waals surface area contributed by atoms with Gasteiger partial charge >= 0.3 is 5.97 Å². The smallest absolute Gasteiger partial charge is 0.345 e. The molecule has 2 heterocycles. The summed E-state index contributed by atoms with van der Waals surface area (Å²) in [5, 5.41) is 20.8. The molecule has 0 saturated heterocycles. The first-order valence-electron chi connectivity index (χ1n) is 8.86. The van der Waals surface area contributed by atoms with Crippen molar-refractivity contribution in [3.63, 3.8) is 0 Å². The SMILES string of the molecule is CN(C)Cc1c[nH]c2cc3c(cc12)CCCc1c-3[nH]c(=O)c(C(=O)O)c1O. The van der Waals surface area contributed by atoms with Crippen LogP contribution in [-0.4, -0.2) is 45.1 Å². The Morgan fingerprint density at radius 2 is 2.04 bits per heavy atom. The normalized spacial score (nSPS) is 13.4. The van der Waals surface area contributed by atoms with Crippen LogP contribution in [0.25, 0.3) is 22.2 Å². The number of carboxylic acid groups (broad SMARTS) is 1. The summed E-state index contributed by atoms with van der Waals surface area (Å²) in [6.45, 7) is 0.814. The Kier molecular flexibility index (Phi) is 4.04. The fourth-order valence-corrected chi connectivity index (χ4v) is 3.94. The second-order valence-electron chi connectivity index (χ2n) is 7.30. The third-order valence-electron chi connectivity index (χ3n) is 5.12. The molecule has 0 bridgehead atoms. The van der Waals surface area contributed by atoms with Gasteiger partial charge in [-0.25, -0.2) is 4.79 Å². The van der Waals surface area contributed by atoms with Gasteiger partial charge < -0.3 is 25.1 Å². The van der Waals surface area contributed by atoms with Crippen LogP contribution in [0.2, 0.25) is 0 Å². The van der Waals surface area contributed by atoms with Crippen LogP contribution in [0.4, 0.5) is 0 Å². The molecule has 0 saturated carbocycles. The molecule has 7 heteroatoms. The second-order valence-corrected chi connectivity index (χ2v) is 7.30. The van der Waals surface area contributed by atoms with Crippen molar-refractivity contribution in [1.29, 1.82) is 0 Å². The molecule has 3 aromatic rings. The van der Waals surface area contributed by atoms with Crippen LogP contribution in [0, 0.1) is 0 Å². The number of aromatic nitrogens is 2. The molecule has 2 aromatic heterocycles. The molecule has 1 aromatic carbocycles. The van der Waals surface area contributed by atoms with Gasteiger partial charge in [0.15, 0.2) is 5.56 Å². The quantitative estimate of drug-likeness (QED) is 0.569. The minimum Gasteiger partial charge on any atom is -0.506 e. The molecule has 0 fully saturated rings. The van der Waals surface area contributed by atoms with Crippen LogP contribution in [0.3, 0.4) is 0 Å². The lowest BCUT2D eigenvalue weighted by molar-refractivity contribution is 0.0691. The van der Waals surface area contributed by atoms with Crippen molar-refractivity contribution in [2.45, 2.75) is 25.8 Å². The van der Waals surface area contributed by atoms with Gasteiger partial charge in [-0.1, -0.05) is 0 Å². The third-order valence-corrected chi connectivity index (χ3v) is 5.12. The maximum atomic E-state index is 12.3.